The van der Waals surface area contributed by atoms with E-state index in [-0.39, 0.29) is 12.7 Å². The van der Waals surface area contributed by atoms with Crippen molar-refractivity contribution in [1.29, 1.82) is 0 Å². The Morgan fingerprint density at radius 1 is 0.838 bits per heavy atom. The van der Waals surface area contributed by atoms with Gasteiger partial charge >= 0.3 is 0 Å². The van der Waals surface area contributed by atoms with Crippen molar-refractivity contribution in [2.75, 3.05) is 12.3 Å². The first-order valence-corrected chi connectivity index (χ1v) is 18.5. The summed E-state index contributed by atoms with van der Waals surface area (Å²) in [5.74, 6) is 0.633. The van der Waals surface area contributed by atoms with Gasteiger partial charge in [-0.15, -0.1) is 0 Å². The number of aliphatic hydroxyl groups excluding tert-OH is 1. The molecule has 0 aliphatic carbocycles. The van der Waals surface area contributed by atoms with Gasteiger partial charge in [0.2, 0.25) is 16.6 Å². The second kappa shape index (κ2) is 12.8. The van der Waals surface area contributed by atoms with Crippen LogP contribution in [0.4, 0.5) is 5.69 Å². The van der Waals surface area contributed by atoms with Gasteiger partial charge in [0.15, 0.2) is 0 Å². The lowest BCUT2D eigenvalue weighted by Gasteiger charge is -2.51. The topological polar surface area (TPSA) is 86.8 Å². The summed E-state index contributed by atoms with van der Waals surface area (Å²) in [5, 5.41) is 10.6. The lowest BCUT2D eigenvalue weighted by molar-refractivity contribution is -0.0636. The van der Waals surface area contributed by atoms with Gasteiger partial charge in [-0.05, 0) is 45.4 Å². The Morgan fingerprint density at radius 3 is 1.70 bits per heavy atom. The number of anilines is 1. The number of pyridine rings is 1. The number of nitrogens with zero attached hydrogens (tertiary/aromatic N) is 1. The van der Waals surface area contributed by atoms with E-state index in [2.05, 4.69) is 94.1 Å². The van der Waals surface area contributed by atoms with Gasteiger partial charge in [-0.2, -0.15) is 0 Å². The molecule has 1 aromatic rings. The van der Waals surface area contributed by atoms with Gasteiger partial charge in [0.25, 0.3) is 0 Å². The zero-order valence-electron chi connectivity index (χ0n) is 25.4. The smallest absolute Gasteiger partial charge is 0.201 e. The quantitative estimate of drug-likeness (QED) is 0.262. The molecule has 212 valence electrons. The average Bonchev–Trinajstić information content (AvgIpc) is 2.79. The molecule has 0 unspecified atom stereocenters. The Morgan fingerprint density at radius 2 is 1.30 bits per heavy atom. The van der Waals surface area contributed by atoms with Crippen molar-refractivity contribution in [2.45, 2.75) is 135 Å². The largest absolute Gasteiger partial charge is 0.485 e. The first-order chi connectivity index (χ1) is 17.2. The maximum atomic E-state index is 10.6. The maximum Gasteiger partial charge on any atom is 0.201 e. The number of aromatic nitrogens is 1. The third-order valence-corrected chi connectivity index (χ3v) is 20.9. The van der Waals surface area contributed by atoms with Crippen LogP contribution in [0.15, 0.2) is 24.5 Å². The molecule has 0 saturated heterocycles. The van der Waals surface area contributed by atoms with Crippen molar-refractivity contribution in [2.24, 2.45) is 0 Å². The minimum atomic E-state index is -2.30. The van der Waals surface area contributed by atoms with E-state index in [0.29, 0.717) is 44.7 Å². The Hall–Kier alpha value is -1.20. The lowest BCUT2D eigenvalue weighted by Crippen LogP contribution is -2.60. The summed E-state index contributed by atoms with van der Waals surface area (Å²) in [6.07, 6.45) is 4.10. The van der Waals surface area contributed by atoms with Gasteiger partial charge < -0.3 is 24.4 Å². The standard InChI is InChI=1S/C29H54N2O4Si2/c1-18(2)36(19(3)4,20(5)6)34-27-15-26(24-13-14-31-16-25(24)30)33-28(17-32)29(27)35-37(21(7)8,22(9)10)23(11)12/h13-16,18-23,27-29,32H,17,30H2,1-12H3/t27-,28-,29+/m1/s1. The number of hydrogen-bond acceptors (Lipinski definition) is 6. The van der Waals surface area contributed by atoms with Crippen LogP contribution in [0, 0.1) is 0 Å². The maximum absolute atomic E-state index is 10.6. The van der Waals surface area contributed by atoms with Crippen molar-refractivity contribution in [3.05, 3.63) is 30.1 Å². The zero-order valence-corrected chi connectivity index (χ0v) is 27.4. The molecule has 0 amide bonds. The fourth-order valence-electron chi connectivity index (χ4n) is 7.18. The van der Waals surface area contributed by atoms with Gasteiger partial charge in [-0.1, -0.05) is 83.1 Å². The minimum Gasteiger partial charge on any atom is -0.485 e. The van der Waals surface area contributed by atoms with Crippen molar-refractivity contribution in [3.63, 3.8) is 0 Å². The highest BCUT2D eigenvalue weighted by Gasteiger charge is 2.53. The Labute approximate surface area is 228 Å². The van der Waals surface area contributed by atoms with Gasteiger partial charge in [-0.3, -0.25) is 4.98 Å². The average molecular weight is 551 g/mol. The molecular formula is C29H54N2O4Si2. The molecule has 2 rings (SSSR count). The fourth-order valence-corrected chi connectivity index (χ4v) is 18.2. The van der Waals surface area contributed by atoms with Gasteiger partial charge in [0.1, 0.15) is 18.0 Å². The van der Waals surface area contributed by atoms with Crippen LogP contribution < -0.4 is 5.73 Å². The lowest BCUT2D eigenvalue weighted by atomic mass is 10.0. The molecule has 1 aromatic heterocycles. The van der Waals surface area contributed by atoms with E-state index in [4.69, 9.17) is 19.3 Å². The molecular weight excluding hydrogens is 497 g/mol. The monoisotopic (exact) mass is 550 g/mol. The Bertz CT molecular complexity index is 858. The van der Waals surface area contributed by atoms with E-state index in [0.717, 1.165) is 5.56 Å². The van der Waals surface area contributed by atoms with Gasteiger partial charge in [0.05, 0.1) is 24.6 Å². The van der Waals surface area contributed by atoms with Crippen molar-refractivity contribution >= 4 is 28.1 Å². The van der Waals surface area contributed by atoms with E-state index >= 15 is 0 Å². The molecule has 0 spiro atoms. The molecule has 3 atom stereocenters. The minimum absolute atomic E-state index is 0.161. The SMILES string of the molecule is CC(C)[Si](O[C@H]1[C@H](O[Si](C(C)C)(C(C)C)C(C)C)C=C(c2ccncc2N)O[C@@H]1CO)(C(C)C)C(C)C. The van der Waals surface area contributed by atoms with Crippen molar-refractivity contribution in [3.8, 4) is 0 Å². The van der Waals surface area contributed by atoms with Crippen molar-refractivity contribution in [1.82, 2.24) is 4.98 Å². The van der Waals surface area contributed by atoms with Crippen LogP contribution in [-0.2, 0) is 13.6 Å². The Kier molecular flexibility index (Phi) is 11.1. The molecule has 0 bridgehead atoms. The van der Waals surface area contributed by atoms with Crippen LogP contribution in [-0.4, -0.2) is 51.6 Å². The molecule has 8 heteroatoms. The molecule has 0 saturated carbocycles. The van der Waals surface area contributed by atoms with E-state index in [9.17, 15) is 5.11 Å². The van der Waals surface area contributed by atoms with Gasteiger partial charge in [-0.25, -0.2) is 0 Å². The molecule has 6 nitrogen and oxygen atoms in total. The first-order valence-electron chi connectivity index (χ1n) is 14.2. The molecule has 2 heterocycles. The van der Waals surface area contributed by atoms with Crippen LogP contribution in [0.25, 0.3) is 5.76 Å². The van der Waals surface area contributed by atoms with Crippen LogP contribution in [0.5, 0.6) is 0 Å². The highest BCUT2D eigenvalue weighted by atomic mass is 28.4. The fraction of sp³-hybridized carbons (Fsp3) is 0.759. The summed E-state index contributed by atoms with van der Waals surface area (Å²) in [4.78, 5) is 4.15. The molecule has 0 radical (unpaired) electrons. The number of hydrogen-bond donors (Lipinski definition) is 2. The van der Waals surface area contributed by atoms with Crippen LogP contribution in [0.1, 0.15) is 88.6 Å². The summed E-state index contributed by atoms with van der Waals surface area (Å²) in [6, 6.07) is 1.86. The molecule has 3 N–H and O–H groups in total. The molecule has 37 heavy (non-hydrogen) atoms. The normalized spacial score (nSPS) is 21.5. The van der Waals surface area contributed by atoms with E-state index in [1.54, 1.807) is 12.4 Å². The van der Waals surface area contributed by atoms with E-state index in [1.165, 1.54) is 0 Å². The predicted molar refractivity (Wildman–Crippen MR) is 160 cm³/mol. The molecule has 1 aliphatic heterocycles. The summed E-state index contributed by atoms with van der Waals surface area (Å²) in [6.45, 7) is 27.3. The van der Waals surface area contributed by atoms with E-state index < -0.39 is 28.8 Å². The third kappa shape index (κ3) is 6.19. The molecule has 1 aliphatic rings. The summed E-state index contributed by atoms with van der Waals surface area (Å²) < 4.78 is 21.2. The Balaban J connectivity index is 2.76. The van der Waals surface area contributed by atoms with Crippen LogP contribution in [0.2, 0.25) is 33.2 Å². The zero-order chi connectivity index (χ0) is 28.3. The van der Waals surface area contributed by atoms with Crippen LogP contribution >= 0.6 is 0 Å². The van der Waals surface area contributed by atoms with Crippen LogP contribution in [0.3, 0.4) is 0 Å². The number of nitrogens with two attached hydrogens (primary N) is 1. The molecule has 0 aromatic carbocycles. The highest BCUT2D eigenvalue weighted by Crippen LogP contribution is 2.48. The third-order valence-electron chi connectivity index (χ3n) is 8.68. The highest BCUT2D eigenvalue weighted by molar-refractivity contribution is 6.78. The second-order valence-corrected chi connectivity index (χ2v) is 23.4. The van der Waals surface area contributed by atoms with E-state index in [1.807, 2.05) is 6.07 Å². The van der Waals surface area contributed by atoms with Gasteiger partial charge in [0, 0.05) is 11.8 Å². The summed E-state index contributed by atoms with van der Waals surface area (Å²) in [7, 11) is -4.59. The predicted octanol–water partition coefficient (Wildman–Crippen LogP) is 7.52. The number of ether oxygens (including phenoxy) is 1. The summed E-state index contributed by atoms with van der Waals surface area (Å²) >= 11 is 0. The summed E-state index contributed by atoms with van der Waals surface area (Å²) in [5.41, 5.74) is 10.0. The molecule has 0 fully saturated rings. The number of aliphatic hydroxyl groups is 1. The number of nitrogen functional groups attached to an aromatic ring is 1. The second-order valence-electron chi connectivity index (χ2n) is 12.6. The first kappa shape index (κ1) is 32.0. The number of rotatable bonds is 12. The van der Waals surface area contributed by atoms with Crippen molar-refractivity contribution < 1.29 is 18.7 Å².